The molecule has 19 heavy (non-hydrogen) atoms. The number of para-hydroxylation sites is 1. The van der Waals surface area contributed by atoms with Gasteiger partial charge in [-0.15, -0.1) is 0 Å². The summed E-state index contributed by atoms with van der Waals surface area (Å²) >= 11 is 0. The van der Waals surface area contributed by atoms with Crippen LogP contribution >= 0.6 is 0 Å². The molecule has 0 aliphatic rings. The minimum Gasteiger partial charge on any atom is -0.508 e. The van der Waals surface area contributed by atoms with Crippen LogP contribution < -0.4 is 4.74 Å². The largest absolute Gasteiger partial charge is 0.508 e. The van der Waals surface area contributed by atoms with Gasteiger partial charge in [0.05, 0.1) is 5.52 Å². The number of phenolic OH excluding ortho intramolecular Hbond substituents is 1. The molecule has 2 aromatic carbocycles. The van der Waals surface area contributed by atoms with Crippen LogP contribution in [0.2, 0.25) is 0 Å². The van der Waals surface area contributed by atoms with E-state index in [4.69, 9.17) is 4.74 Å². The van der Waals surface area contributed by atoms with Crippen molar-refractivity contribution in [1.82, 2.24) is 4.98 Å². The van der Waals surface area contributed by atoms with E-state index in [-0.39, 0.29) is 5.75 Å². The van der Waals surface area contributed by atoms with Crippen LogP contribution in [0.4, 0.5) is 0 Å². The van der Waals surface area contributed by atoms with Crippen molar-refractivity contribution in [1.29, 1.82) is 0 Å². The van der Waals surface area contributed by atoms with Crippen LogP contribution in [0.15, 0.2) is 54.6 Å². The number of hydrogen-bond acceptors (Lipinski definition) is 3. The maximum atomic E-state index is 9.47. The fourth-order valence-corrected chi connectivity index (χ4v) is 2.03. The number of ether oxygens (including phenoxy) is 1. The van der Waals surface area contributed by atoms with E-state index in [1.165, 1.54) is 0 Å². The van der Waals surface area contributed by atoms with Gasteiger partial charge in [-0.1, -0.05) is 18.2 Å². The number of pyridine rings is 1. The number of aromatic nitrogens is 1. The van der Waals surface area contributed by atoms with Crippen molar-refractivity contribution in [2.24, 2.45) is 0 Å². The summed E-state index contributed by atoms with van der Waals surface area (Å²) in [5, 5.41) is 10.4. The number of nitrogens with zero attached hydrogens (tertiary/aromatic N) is 1. The van der Waals surface area contributed by atoms with E-state index < -0.39 is 0 Å². The summed E-state index contributed by atoms with van der Waals surface area (Å²) in [6.45, 7) is 1.93. The standard InChI is InChI=1S/C16H13NO2/c1-11-9-16(14-7-2-3-8-15(14)17-11)19-13-6-4-5-12(18)10-13/h2-10,18H,1H3. The molecule has 0 atom stereocenters. The van der Waals surface area contributed by atoms with Crippen LogP contribution in [-0.4, -0.2) is 10.1 Å². The molecule has 0 amide bonds. The molecular weight excluding hydrogens is 238 g/mol. The molecule has 0 aliphatic heterocycles. The van der Waals surface area contributed by atoms with Crippen molar-refractivity contribution in [2.75, 3.05) is 0 Å². The van der Waals surface area contributed by atoms with Crippen molar-refractivity contribution in [3.8, 4) is 17.2 Å². The molecular formula is C16H13NO2. The second-order valence-corrected chi connectivity index (χ2v) is 4.38. The van der Waals surface area contributed by atoms with Gasteiger partial charge in [-0.05, 0) is 31.2 Å². The van der Waals surface area contributed by atoms with Crippen LogP contribution in [0.1, 0.15) is 5.69 Å². The van der Waals surface area contributed by atoms with E-state index in [1.54, 1.807) is 18.2 Å². The minimum absolute atomic E-state index is 0.188. The van der Waals surface area contributed by atoms with Gasteiger partial charge in [0.25, 0.3) is 0 Å². The zero-order valence-corrected chi connectivity index (χ0v) is 10.5. The van der Waals surface area contributed by atoms with Crippen LogP contribution in [-0.2, 0) is 0 Å². The van der Waals surface area contributed by atoms with Gasteiger partial charge in [-0.3, -0.25) is 4.98 Å². The van der Waals surface area contributed by atoms with E-state index >= 15 is 0 Å². The van der Waals surface area contributed by atoms with E-state index in [0.29, 0.717) is 5.75 Å². The Morgan fingerprint density at radius 3 is 2.68 bits per heavy atom. The summed E-state index contributed by atoms with van der Waals surface area (Å²) in [6, 6.07) is 16.5. The van der Waals surface area contributed by atoms with E-state index in [9.17, 15) is 5.11 Å². The topological polar surface area (TPSA) is 42.4 Å². The molecule has 3 nitrogen and oxygen atoms in total. The highest BCUT2D eigenvalue weighted by Crippen LogP contribution is 2.30. The Labute approximate surface area is 111 Å². The fraction of sp³-hybridized carbons (Fsp3) is 0.0625. The predicted molar refractivity (Wildman–Crippen MR) is 74.7 cm³/mol. The molecule has 3 rings (SSSR count). The molecule has 0 bridgehead atoms. The highest BCUT2D eigenvalue weighted by molar-refractivity contribution is 5.85. The SMILES string of the molecule is Cc1cc(Oc2cccc(O)c2)c2ccccc2n1. The third-order valence-electron chi connectivity index (χ3n) is 2.85. The Hall–Kier alpha value is -2.55. The lowest BCUT2D eigenvalue weighted by Gasteiger charge is -2.10. The smallest absolute Gasteiger partial charge is 0.138 e. The lowest BCUT2D eigenvalue weighted by atomic mass is 10.2. The van der Waals surface area contributed by atoms with Gasteiger partial charge in [0.15, 0.2) is 0 Å². The maximum absolute atomic E-state index is 9.47. The highest BCUT2D eigenvalue weighted by Gasteiger charge is 2.06. The molecule has 0 spiro atoms. The second kappa shape index (κ2) is 4.61. The zero-order chi connectivity index (χ0) is 13.2. The Balaban J connectivity index is 2.09. The molecule has 3 aromatic rings. The van der Waals surface area contributed by atoms with Crippen LogP contribution in [0.5, 0.6) is 17.2 Å². The van der Waals surface area contributed by atoms with Gasteiger partial charge < -0.3 is 9.84 Å². The number of phenols is 1. The third kappa shape index (κ3) is 2.36. The first-order valence-corrected chi connectivity index (χ1v) is 6.06. The first kappa shape index (κ1) is 11.5. The zero-order valence-electron chi connectivity index (χ0n) is 10.5. The average molecular weight is 251 g/mol. The number of rotatable bonds is 2. The van der Waals surface area contributed by atoms with E-state index in [0.717, 1.165) is 22.3 Å². The number of fused-ring (bicyclic) bond motifs is 1. The van der Waals surface area contributed by atoms with Gasteiger partial charge in [-0.2, -0.15) is 0 Å². The summed E-state index contributed by atoms with van der Waals surface area (Å²) in [6.07, 6.45) is 0. The van der Waals surface area contributed by atoms with E-state index in [2.05, 4.69) is 4.98 Å². The lowest BCUT2D eigenvalue weighted by Crippen LogP contribution is -1.90. The molecule has 1 aromatic heterocycles. The van der Waals surface area contributed by atoms with Crippen LogP contribution in [0.3, 0.4) is 0 Å². The van der Waals surface area contributed by atoms with Crippen molar-refractivity contribution < 1.29 is 9.84 Å². The normalized spacial score (nSPS) is 10.6. The molecule has 0 saturated heterocycles. The summed E-state index contributed by atoms with van der Waals surface area (Å²) in [5.74, 6) is 1.54. The van der Waals surface area contributed by atoms with Crippen molar-refractivity contribution >= 4 is 10.9 Å². The molecule has 1 N–H and O–H groups in total. The number of aryl methyl sites for hydroxylation is 1. The second-order valence-electron chi connectivity index (χ2n) is 4.38. The number of aromatic hydroxyl groups is 1. The molecule has 1 heterocycles. The first-order valence-electron chi connectivity index (χ1n) is 6.06. The number of benzene rings is 2. The number of hydrogen-bond donors (Lipinski definition) is 1. The molecule has 94 valence electrons. The quantitative estimate of drug-likeness (QED) is 0.747. The highest BCUT2D eigenvalue weighted by atomic mass is 16.5. The first-order chi connectivity index (χ1) is 9.22. The van der Waals surface area contributed by atoms with E-state index in [1.807, 2.05) is 43.3 Å². The minimum atomic E-state index is 0.188. The van der Waals surface area contributed by atoms with Crippen LogP contribution in [0.25, 0.3) is 10.9 Å². The molecule has 0 fully saturated rings. The summed E-state index contributed by atoms with van der Waals surface area (Å²) in [7, 11) is 0. The molecule has 0 saturated carbocycles. The Kier molecular flexibility index (Phi) is 2.80. The Bertz CT molecular complexity index is 738. The third-order valence-corrected chi connectivity index (χ3v) is 2.85. The van der Waals surface area contributed by atoms with Crippen LogP contribution in [0, 0.1) is 6.92 Å². The monoisotopic (exact) mass is 251 g/mol. The molecule has 0 aliphatic carbocycles. The van der Waals surface area contributed by atoms with Gasteiger partial charge in [0.2, 0.25) is 0 Å². The lowest BCUT2D eigenvalue weighted by molar-refractivity contribution is 0.457. The molecule has 3 heteroatoms. The van der Waals surface area contributed by atoms with Gasteiger partial charge in [-0.25, -0.2) is 0 Å². The van der Waals surface area contributed by atoms with Crippen molar-refractivity contribution in [2.45, 2.75) is 6.92 Å². The fourth-order valence-electron chi connectivity index (χ4n) is 2.03. The Morgan fingerprint density at radius 1 is 1.00 bits per heavy atom. The van der Waals surface area contributed by atoms with Gasteiger partial charge >= 0.3 is 0 Å². The van der Waals surface area contributed by atoms with Gasteiger partial charge in [0, 0.05) is 23.2 Å². The van der Waals surface area contributed by atoms with Crippen molar-refractivity contribution in [3.63, 3.8) is 0 Å². The predicted octanol–water partition coefficient (Wildman–Crippen LogP) is 4.04. The van der Waals surface area contributed by atoms with Crippen molar-refractivity contribution in [3.05, 3.63) is 60.3 Å². The summed E-state index contributed by atoms with van der Waals surface area (Å²) < 4.78 is 5.85. The summed E-state index contributed by atoms with van der Waals surface area (Å²) in [4.78, 5) is 4.47. The summed E-state index contributed by atoms with van der Waals surface area (Å²) in [5.41, 5.74) is 1.80. The average Bonchev–Trinajstić information content (AvgIpc) is 2.38. The molecule has 0 unspecified atom stereocenters. The molecule has 0 radical (unpaired) electrons. The Morgan fingerprint density at radius 2 is 1.84 bits per heavy atom. The maximum Gasteiger partial charge on any atom is 0.138 e. The van der Waals surface area contributed by atoms with Gasteiger partial charge in [0.1, 0.15) is 17.2 Å².